The van der Waals surface area contributed by atoms with Gasteiger partial charge in [0, 0.05) is 24.7 Å². The van der Waals surface area contributed by atoms with Gasteiger partial charge in [0.2, 0.25) is 0 Å². The van der Waals surface area contributed by atoms with E-state index in [1.54, 1.807) is 6.08 Å². The fourth-order valence-corrected chi connectivity index (χ4v) is 3.51. The van der Waals surface area contributed by atoms with Crippen LogP contribution in [0.4, 0.5) is 10.5 Å². The molecule has 2 aliphatic heterocycles. The van der Waals surface area contributed by atoms with Gasteiger partial charge in [-0.2, -0.15) is 0 Å². The largest absolute Gasteiger partial charge is 0.368 e. The summed E-state index contributed by atoms with van der Waals surface area (Å²) in [4.78, 5) is 25.4. The van der Waals surface area contributed by atoms with Crippen LogP contribution in [0.15, 0.2) is 23.1 Å². The smallest absolute Gasteiger partial charge is 0.290 e. The summed E-state index contributed by atoms with van der Waals surface area (Å²) in [5, 5.41) is 2.52. The van der Waals surface area contributed by atoms with Crippen molar-refractivity contribution in [3.63, 3.8) is 0 Å². The van der Waals surface area contributed by atoms with Crippen molar-refractivity contribution in [2.24, 2.45) is 5.73 Å². The predicted molar refractivity (Wildman–Crippen MR) is 92.6 cm³/mol. The Morgan fingerprint density at radius 2 is 2.18 bits per heavy atom. The van der Waals surface area contributed by atoms with Gasteiger partial charge >= 0.3 is 0 Å². The number of benzene rings is 1. The summed E-state index contributed by atoms with van der Waals surface area (Å²) in [6.45, 7) is 1.57. The van der Waals surface area contributed by atoms with Gasteiger partial charge in [-0.25, -0.2) is 0 Å². The SMILES string of the molecule is Cl.NC1CCN(c2c(Cl)cccc2/C=C2/SC(=O)NC2=O)C1. The summed E-state index contributed by atoms with van der Waals surface area (Å²) in [5.74, 6) is -0.367. The van der Waals surface area contributed by atoms with E-state index in [2.05, 4.69) is 10.2 Å². The zero-order valence-corrected chi connectivity index (χ0v) is 13.9. The number of carbonyl (C=O) groups is 2. The van der Waals surface area contributed by atoms with Crippen molar-refractivity contribution >= 4 is 58.7 Å². The highest BCUT2D eigenvalue weighted by Crippen LogP contribution is 2.35. The summed E-state index contributed by atoms with van der Waals surface area (Å²) in [6, 6.07) is 5.66. The van der Waals surface area contributed by atoms with Crippen LogP contribution in [0.3, 0.4) is 0 Å². The fourth-order valence-electron chi connectivity index (χ4n) is 2.53. The lowest BCUT2D eigenvalue weighted by Crippen LogP contribution is -2.27. The molecule has 118 valence electrons. The molecule has 0 aromatic heterocycles. The summed E-state index contributed by atoms with van der Waals surface area (Å²) in [6.07, 6.45) is 2.62. The standard InChI is InChI=1S/C14H14ClN3O2S.ClH/c15-10-3-1-2-8(6-11-13(19)17-14(20)21-11)12(10)18-5-4-9(16)7-18;/h1-3,6,9H,4-5,7,16H2,(H,17,19,20);1H/b11-6+;. The minimum Gasteiger partial charge on any atom is -0.368 e. The molecule has 0 saturated carbocycles. The molecular formula is C14H15Cl2N3O2S. The first-order valence-corrected chi connectivity index (χ1v) is 7.78. The molecule has 0 bridgehead atoms. The Morgan fingerprint density at radius 3 is 2.77 bits per heavy atom. The summed E-state index contributed by atoms with van der Waals surface area (Å²) in [7, 11) is 0. The molecule has 2 saturated heterocycles. The van der Waals surface area contributed by atoms with Crippen LogP contribution < -0.4 is 16.0 Å². The molecule has 0 radical (unpaired) electrons. The number of halogens is 2. The molecule has 2 aliphatic rings. The van der Waals surface area contributed by atoms with E-state index in [9.17, 15) is 9.59 Å². The Hall–Kier alpha value is -1.21. The molecule has 2 fully saturated rings. The topological polar surface area (TPSA) is 75.4 Å². The molecule has 0 spiro atoms. The third kappa shape index (κ3) is 3.41. The van der Waals surface area contributed by atoms with Gasteiger partial charge in [0.25, 0.3) is 11.1 Å². The lowest BCUT2D eigenvalue weighted by Gasteiger charge is -2.22. The quantitative estimate of drug-likeness (QED) is 0.793. The maximum Gasteiger partial charge on any atom is 0.290 e. The number of rotatable bonds is 2. The van der Waals surface area contributed by atoms with Crippen molar-refractivity contribution < 1.29 is 9.59 Å². The number of nitrogens with zero attached hydrogens (tertiary/aromatic N) is 1. The molecule has 22 heavy (non-hydrogen) atoms. The van der Waals surface area contributed by atoms with Crippen LogP contribution in [-0.4, -0.2) is 30.3 Å². The first kappa shape index (κ1) is 17.1. The van der Waals surface area contributed by atoms with Gasteiger partial charge in [-0.15, -0.1) is 12.4 Å². The van der Waals surface area contributed by atoms with Gasteiger partial charge in [0.05, 0.1) is 15.6 Å². The van der Waals surface area contributed by atoms with Crippen LogP contribution >= 0.6 is 35.8 Å². The van der Waals surface area contributed by atoms with E-state index in [0.29, 0.717) is 9.93 Å². The second-order valence-corrected chi connectivity index (χ2v) is 6.45. The molecule has 2 amide bonds. The van der Waals surface area contributed by atoms with Crippen LogP contribution in [0.2, 0.25) is 5.02 Å². The molecule has 1 unspecified atom stereocenters. The normalized spacial score (nSPS) is 22.9. The molecule has 0 aliphatic carbocycles. The summed E-state index contributed by atoms with van der Waals surface area (Å²) >= 11 is 7.22. The highest BCUT2D eigenvalue weighted by molar-refractivity contribution is 8.18. The highest BCUT2D eigenvalue weighted by Gasteiger charge is 2.27. The number of amides is 2. The Morgan fingerprint density at radius 1 is 1.41 bits per heavy atom. The van der Waals surface area contributed by atoms with Crippen molar-refractivity contribution in [1.82, 2.24) is 5.32 Å². The van der Waals surface area contributed by atoms with E-state index < -0.39 is 0 Å². The van der Waals surface area contributed by atoms with Gasteiger partial charge in [-0.1, -0.05) is 23.7 Å². The number of carbonyl (C=O) groups excluding carboxylic acids is 2. The minimum atomic E-state index is -0.367. The van der Waals surface area contributed by atoms with E-state index >= 15 is 0 Å². The maximum atomic E-state index is 11.7. The zero-order valence-electron chi connectivity index (χ0n) is 11.5. The second kappa shape index (κ2) is 6.91. The Kier molecular flexibility index (Phi) is 5.39. The van der Waals surface area contributed by atoms with Crippen molar-refractivity contribution in [3.05, 3.63) is 33.7 Å². The molecule has 1 aromatic rings. The van der Waals surface area contributed by atoms with E-state index in [-0.39, 0.29) is 29.6 Å². The predicted octanol–water partition coefficient (Wildman–Crippen LogP) is 2.62. The maximum absolute atomic E-state index is 11.7. The average molecular weight is 360 g/mol. The van der Waals surface area contributed by atoms with Crippen LogP contribution in [0.25, 0.3) is 6.08 Å². The third-order valence-corrected chi connectivity index (χ3v) is 4.60. The first-order valence-electron chi connectivity index (χ1n) is 6.58. The number of imide groups is 1. The lowest BCUT2D eigenvalue weighted by atomic mass is 10.1. The van der Waals surface area contributed by atoms with Gasteiger partial charge < -0.3 is 10.6 Å². The highest BCUT2D eigenvalue weighted by atomic mass is 35.5. The summed E-state index contributed by atoms with van der Waals surface area (Å²) in [5.41, 5.74) is 7.64. The van der Waals surface area contributed by atoms with E-state index in [1.165, 1.54) is 0 Å². The van der Waals surface area contributed by atoms with Gasteiger partial charge in [-0.05, 0) is 30.3 Å². The molecule has 8 heteroatoms. The molecule has 5 nitrogen and oxygen atoms in total. The fraction of sp³-hybridized carbons (Fsp3) is 0.286. The van der Waals surface area contributed by atoms with Gasteiger partial charge in [0.15, 0.2) is 0 Å². The number of nitrogens with one attached hydrogen (secondary N) is 1. The molecule has 2 heterocycles. The Bertz CT molecular complexity index is 651. The van der Waals surface area contributed by atoms with E-state index in [4.69, 9.17) is 17.3 Å². The third-order valence-electron chi connectivity index (χ3n) is 3.49. The summed E-state index contributed by atoms with van der Waals surface area (Å²) < 4.78 is 0. The van der Waals surface area contributed by atoms with Crippen molar-refractivity contribution in [3.8, 4) is 0 Å². The van der Waals surface area contributed by atoms with Crippen molar-refractivity contribution in [2.75, 3.05) is 18.0 Å². The van der Waals surface area contributed by atoms with Gasteiger partial charge in [0.1, 0.15) is 0 Å². The number of anilines is 1. The van der Waals surface area contributed by atoms with E-state index in [1.807, 2.05) is 18.2 Å². The molecule has 3 N–H and O–H groups in total. The molecule has 1 atom stereocenters. The second-order valence-electron chi connectivity index (χ2n) is 5.02. The van der Waals surface area contributed by atoms with Crippen LogP contribution in [-0.2, 0) is 4.79 Å². The number of nitrogens with two attached hydrogens (primary N) is 1. The average Bonchev–Trinajstić information content (AvgIpc) is 2.96. The monoisotopic (exact) mass is 359 g/mol. The van der Waals surface area contributed by atoms with Crippen molar-refractivity contribution in [2.45, 2.75) is 12.5 Å². The van der Waals surface area contributed by atoms with Crippen molar-refractivity contribution in [1.29, 1.82) is 0 Å². The molecular weight excluding hydrogens is 345 g/mol. The first-order chi connectivity index (χ1) is 10.0. The number of hydrogen-bond acceptors (Lipinski definition) is 5. The zero-order chi connectivity index (χ0) is 15.0. The van der Waals surface area contributed by atoms with Gasteiger partial charge in [-0.3, -0.25) is 14.9 Å². The lowest BCUT2D eigenvalue weighted by molar-refractivity contribution is -0.115. The molecule has 3 rings (SSSR count). The van der Waals surface area contributed by atoms with E-state index in [0.717, 1.165) is 42.5 Å². The Balaban J connectivity index is 0.00000176. The number of para-hydroxylation sites is 1. The Labute approximate surface area is 143 Å². The van der Waals surface area contributed by atoms with Crippen LogP contribution in [0.5, 0.6) is 0 Å². The molecule has 1 aromatic carbocycles. The number of hydrogen-bond donors (Lipinski definition) is 2. The van der Waals surface area contributed by atoms with Crippen LogP contribution in [0.1, 0.15) is 12.0 Å². The minimum absolute atomic E-state index is 0. The van der Waals surface area contributed by atoms with Crippen LogP contribution in [0, 0.1) is 0 Å². The number of thioether (sulfide) groups is 1.